The zero-order valence-corrected chi connectivity index (χ0v) is 22.2. The fourth-order valence-corrected chi connectivity index (χ4v) is 4.64. The van der Waals surface area contributed by atoms with Crippen molar-refractivity contribution in [3.05, 3.63) is 95.0 Å². The fourth-order valence-electron chi connectivity index (χ4n) is 4.39. The van der Waals surface area contributed by atoms with Crippen LogP contribution in [0.25, 0.3) is 10.8 Å². The van der Waals surface area contributed by atoms with E-state index in [0.29, 0.717) is 17.1 Å². The lowest BCUT2D eigenvalue weighted by Crippen LogP contribution is -2.28. The Morgan fingerprint density at radius 2 is 1.76 bits per heavy atom. The first-order valence-electron chi connectivity index (χ1n) is 12.2. The topological polar surface area (TPSA) is 84.9 Å². The predicted octanol–water partition coefficient (Wildman–Crippen LogP) is 6.24. The Morgan fingerprint density at radius 1 is 1.00 bits per heavy atom. The number of hydrogen-bond donors (Lipinski definition) is 1. The molecule has 0 unspecified atom stereocenters. The maximum Gasteiger partial charge on any atom is 0.311 e. The van der Waals surface area contributed by atoms with Crippen molar-refractivity contribution in [2.75, 3.05) is 23.4 Å². The molecule has 1 atom stereocenters. The number of nitrogens with one attached hydrogen (secondary N) is 1. The van der Waals surface area contributed by atoms with E-state index in [1.54, 1.807) is 35.2 Å². The number of carbonyl (C=O) groups is 3. The molecule has 1 aliphatic heterocycles. The van der Waals surface area contributed by atoms with Gasteiger partial charge in [0, 0.05) is 34.2 Å². The molecule has 1 aliphatic rings. The Kier molecular flexibility index (Phi) is 7.42. The second-order valence-electron chi connectivity index (χ2n) is 9.10. The van der Waals surface area contributed by atoms with Gasteiger partial charge >= 0.3 is 5.97 Å². The highest BCUT2D eigenvalue weighted by atomic mass is 79.9. The zero-order valence-electron chi connectivity index (χ0n) is 20.6. The van der Waals surface area contributed by atoms with Crippen molar-refractivity contribution in [1.82, 2.24) is 0 Å². The van der Waals surface area contributed by atoms with E-state index in [1.807, 2.05) is 61.5 Å². The number of nitrogens with zero attached hydrogens (tertiary/aromatic N) is 1. The summed E-state index contributed by atoms with van der Waals surface area (Å²) in [7, 11) is 0. The van der Waals surface area contributed by atoms with Crippen LogP contribution < -0.4 is 15.0 Å². The molecule has 192 valence electrons. The maximum atomic E-state index is 12.7. The summed E-state index contributed by atoms with van der Waals surface area (Å²) in [5.74, 6) is -0.446. The number of aryl methyl sites for hydroxylation is 1. The van der Waals surface area contributed by atoms with Crippen LogP contribution in [-0.2, 0) is 19.1 Å². The summed E-state index contributed by atoms with van der Waals surface area (Å²) in [6.07, 6.45) is 0.0284. The van der Waals surface area contributed by atoms with Gasteiger partial charge in [-0.1, -0.05) is 52.3 Å². The molecule has 38 heavy (non-hydrogen) atoms. The van der Waals surface area contributed by atoms with Crippen molar-refractivity contribution in [2.45, 2.75) is 13.3 Å². The van der Waals surface area contributed by atoms with Crippen LogP contribution in [0.2, 0.25) is 0 Å². The number of fused-ring (bicyclic) bond motifs is 1. The molecule has 7 nitrogen and oxygen atoms in total. The number of carbonyl (C=O) groups excluding carboxylic acids is 3. The smallest absolute Gasteiger partial charge is 0.311 e. The zero-order chi connectivity index (χ0) is 26.6. The first-order chi connectivity index (χ1) is 18.4. The second-order valence-corrected chi connectivity index (χ2v) is 9.95. The highest BCUT2D eigenvalue weighted by molar-refractivity contribution is 9.10. The predicted molar refractivity (Wildman–Crippen MR) is 149 cm³/mol. The number of rotatable bonds is 7. The van der Waals surface area contributed by atoms with E-state index >= 15 is 0 Å². The summed E-state index contributed by atoms with van der Waals surface area (Å²) in [6.45, 7) is 1.68. The van der Waals surface area contributed by atoms with E-state index in [1.165, 1.54) is 0 Å². The largest absolute Gasteiger partial charge is 0.457 e. The average Bonchev–Trinajstić information content (AvgIpc) is 3.31. The molecule has 1 saturated heterocycles. The van der Waals surface area contributed by atoms with Crippen molar-refractivity contribution in [3.63, 3.8) is 0 Å². The Hall–Kier alpha value is -4.17. The van der Waals surface area contributed by atoms with Crippen LogP contribution in [0.4, 0.5) is 11.4 Å². The standard InChI is InChI=1S/C30H25BrN2O5/c1-19-15-22(9-14-26(19)31)32-28(34)18-37-30(36)21-16-29(35)33(17-21)23-10-12-24(13-11-23)38-27-8-4-6-20-5-2-3-7-25(20)27/h2-15,21H,16-18H2,1H3,(H,32,34)/t21-/m0/s1. The number of amides is 2. The van der Waals surface area contributed by atoms with Crippen LogP contribution in [0.1, 0.15) is 12.0 Å². The van der Waals surface area contributed by atoms with E-state index in [2.05, 4.69) is 21.2 Å². The molecular weight excluding hydrogens is 548 g/mol. The van der Waals surface area contributed by atoms with Gasteiger partial charge in [-0.05, 0) is 66.4 Å². The molecule has 1 fully saturated rings. The van der Waals surface area contributed by atoms with Gasteiger partial charge in [-0.25, -0.2) is 0 Å². The molecular formula is C30H25BrN2O5. The molecule has 0 bridgehead atoms. The van der Waals surface area contributed by atoms with Crippen molar-refractivity contribution in [3.8, 4) is 11.5 Å². The third-order valence-electron chi connectivity index (χ3n) is 6.37. The minimum Gasteiger partial charge on any atom is -0.457 e. The first-order valence-corrected chi connectivity index (χ1v) is 13.0. The minimum atomic E-state index is -0.642. The van der Waals surface area contributed by atoms with Crippen molar-refractivity contribution < 1.29 is 23.9 Å². The van der Waals surface area contributed by atoms with Crippen molar-refractivity contribution in [2.24, 2.45) is 5.92 Å². The third kappa shape index (κ3) is 5.70. The van der Waals surface area contributed by atoms with E-state index in [0.717, 1.165) is 26.6 Å². The normalized spacial score (nSPS) is 14.9. The van der Waals surface area contributed by atoms with Crippen molar-refractivity contribution in [1.29, 1.82) is 0 Å². The quantitative estimate of drug-likeness (QED) is 0.265. The molecule has 5 rings (SSSR count). The number of ether oxygens (including phenoxy) is 2. The van der Waals surface area contributed by atoms with Gasteiger partial charge < -0.3 is 19.7 Å². The van der Waals surface area contributed by atoms with Gasteiger partial charge in [0.05, 0.1) is 5.92 Å². The molecule has 4 aromatic carbocycles. The molecule has 0 spiro atoms. The van der Waals surface area contributed by atoms with Crippen LogP contribution in [-0.4, -0.2) is 30.9 Å². The van der Waals surface area contributed by atoms with Gasteiger partial charge in [0.1, 0.15) is 11.5 Å². The maximum absolute atomic E-state index is 12.7. The fraction of sp³-hybridized carbons (Fsp3) is 0.167. The summed E-state index contributed by atoms with van der Waals surface area (Å²) < 4.78 is 12.2. The Labute approximate surface area is 228 Å². The molecule has 0 radical (unpaired) electrons. The van der Waals surface area contributed by atoms with E-state index in [9.17, 15) is 14.4 Å². The highest BCUT2D eigenvalue weighted by Gasteiger charge is 2.36. The van der Waals surface area contributed by atoms with Gasteiger partial charge in [-0.3, -0.25) is 14.4 Å². The van der Waals surface area contributed by atoms with Crippen LogP contribution in [0, 0.1) is 12.8 Å². The highest BCUT2D eigenvalue weighted by Crippen LogP contribution is 2.32. The van der Waals surface area contributed by atoms with Gasteiger partial charge in [0.15, 0.2) is 6.61 Å². The molecule has 8 heteroatoms. The van der Waals surface area contributed by atoms with E-state index in [-0.39, 0.29) is 18.9 Å². The summed E-state index contributed by atoms with van der Waals surface area (Å²) in [4.78, 5) is 39.0. The van der Waals surface area contributed by atoms with Gasteiger partial charge in [-0.2, -0.15) is 0 Å². The third-order valence-corrected chi connectivity index (χ3v) is 7.26. The summed E-state index contributed by atoms with van der Waals surface area (Å²) in [6, 6.07) is 26.4. The number of benzene rings is 4. The lowest BCUT2D eigenvalue weighted by molar-refractivity contribution is -0.151. The van der Waals surface area contributed by atoms with Gasteiger partial charge in [0.2, 0.25) is 5.91 Å². The van der Waals surface area contributed by atoms with Gasteiger partial charge in [-0.15, -0.1) is 0 Å². The summed E-state index contributed by atoms with van der Waals surface area (Å²) in [5.41, 5.74) is 2.25. The van der Waals surface area contributed by atoms with Crippen LogP contribution >= 0.6 is 15.9 Å². The SMILES string of the molecule is Cc1cc(NC(=O)COC(=O)[C@H]2CC(=O)N(c3ccc(Oc4cccc5ccccc45)cc3)C2)ccc1Br. The monoisotopic (exact) mass is 572 g/mol. The van der Waals surface area contributed by atoms with Crippen LogP contribution in [0.15, 0.2) is 89.4 Å². The molecule has 1 N–H and O–H groups in total. The Balaban J connectivity index is 1.16. The molecule has 2 amide bonds. The first kappa shape index (κ1) is 25.5. The number of esters is 1. The Bertz CT molecular complexity index is 1510. The molecule has 4 aromatic rings. The van der Waals surface area contributed by atoms with Crippen molar-refractivity contribution >= 4 is 55.9 Å². The number of anilines is 2. The Morgan fingerprint density at radius 3 is 2.55 bits per heavy atom. The lowest BCUT2D eigenvalue weighted by atomic mass is 10.1. The molecule has 1 heterocycles. The molecule has 0 aromatic heterocycles. The van der Waals surface area contributed by atoms with Crippen LogP contribution in [0.5, 0.6) is 11.5 Å². The van der Waals surface area contributed by atoms with Crippen LogP contribution in [0.3, 0.4) is 0 Å². The van der Waals surface area contributed by atoms with E-state index < -0.39 is 24.4 Å². The van der Waals surface area contributed by atoms with E-state index in [4.69, 9.17) is 9.47 Å². The second kappa shape index (κ2) is 11.1. The molecule has 0 aliphatic carbocycles. The summed E-state index contributed by atoms with van der Waals surface area (Å²) >= 11 is 3.41. The number of halogens is 1. The number of hydrogen-bond acceptors (Lipinski definition) is 5. The van der Waals surface area contributed by atoms with Gasteiger partial charge in [0.25, 0.3) is 5.91 Å². The lowest BCUT2D eigenvalue weighted by Gasteiger charge is -2.17. The minimum absolute atomic E-state index is 0.0284. The molecule has 0 saturated carbocycles. The average molecular weight is 573 g/mol. The summed E-state index contributed by atoms with van der Waals surface area (Å²) in [5, 5.41) is 4.80.